The van der Waals surface area contributed by atoms with Gasteiger partial charge in [0.1, 0.15) is 6.54 Å². The first-order valence-corrected chi connectivity index (χ1v) is 12.5. The maximum atomic E-state index is 12.7. The number of benzene rings is 1. The highest BCUT2D eigenvalue weighted by molar-refractivity contribution is 14.1. The van der Waals surface area contributed by atoms with Crippen molar-refractivity contribution in [1.82, 2.24) is 19.3 Å². The highest BCUT2D eigenvalue weighted by atomic mass is 127. The number of hydrogen-bond donors (Lipinski definition) is 1. The average molecular weight is 556 g/mol. The summed E-state index contributed by atoms with van der Waals surface area (Å²) in [6.45, 7) is 3.90. The van der Waals surface area contributed by atoms with Crippen molar-refractivity contribution < 1.29 is 9.59 Å². The minimum atomic E-state index is -0.281. The van der Waals surface area contributed by atoms with Gasteiger partial charge in [-0.25, -0.2) is 4.79 Å². The van der Waals surface area contributed by atoms with E-state index in [4.69, 9.17) is 0 Å². The van der Waals surface area contributed by atoms with Crippen molar-refractivity contribution in [3.63, 3.8) is 0 Å². The van der Waals surface area contributed by atoms with Crippen LogP contribution in [0.4, 0.5) is 10.5 Å². The van der Waals surface area contributed by atoms with Gasteiger partial charge in [-0.2, -0.15) is 0 Å². The van der Waals surface area contributed by atoms with E-state index in [2.05, 4.69) is 47.7 Å². The molecule has 1 aromatic heterocycles. The normalized spacial score (nSPS) is 15.2. The molecule has 0 aliphatic carbocycles. The first kappa shape index (κ1) is 23.7. The second kappa shape index (κ2) is 11.1. The number of likely N-dealkylation sites (N-methyl/N-ethyl adjacent to an activating group) is 1. The fourth-order valence-corrected chi connectivity index (χ4v) is 4.77. The lowest BCUT2D eigenvalue weighted by Crippen LogP contribution is -2.51. The van der Waals surface area contributed by atoms with E-state index in [0.717, 1.165) is 34.6 Å². The van der Waals surface area contributed by atoms with Crippen LogP contribution < -0.4 is 10.1 Å². The van der Waals surface area contributed by atoms with Crippen LogP contribution >= 0.6 is 33.9 Å². The summed E-state index contributed by atoms with van der Waals surface area (Å²) in [5.41, 5.74) is 3.16. The van der Waals surface area contributed by atoms with Crippen molar-refractivity contribution >= 4 is 51.6 Å². The predicted molar refractivity (Wildman–Crippen MR) is 132 cm³/mol. The third-order valence-electron chi connectivity index (χ3n) is 5.40. The van der Waals surface area contributed by atoms with Crippen LogP contribution in [0.1, 0.15) is 11.3 Å². The fraction of sp³-hybridized carbons (Fsp3) is 0.476. The summed E-state index contributed by atoms with van der Waals surface area (Å²) in [6.07, 6.45) is 0. The number of rotatable bonds is 6. The molecule has 0 bridgehead atoms. The lowest BCUT2D eigenvalue weighted by molar-refractivity contribution is -0.133. The molecule has 2 aromatic rings. The number of piperazine rings is 1. The van der Waals surface area contributed by atoms with E-state index in [0.29, 0.717) is 13.1 Å². The standard InChI is InChI=1S/C21H29IN6O2S/c1-23-21-26(3)18(15-31-21)13-27-8-10-28(11-9-27)19(29)14-25(2)20(30)24-17-6-4-16(12-22)5-7-17/h4-7,15H,8-14H2,1-3H3,(H,24,30)/b23-21-. The van der Waals surface area contributed by atoms with Crippen LogP contribution in [0, 0.1) is 0 Å². The highest BCUT2D eigenvalue weighted by Gasteiger charge is 2.23. The van der Waals surface area contributed by atoms with Gasteiger partial charge in [-0.1, -0.05) is 34.7 Å². The molecule has 1 aliphatic heterocycles. The minimum Gasteiger partial charge on any atom is -0.339 e. The molecule has 1 saturated heterocycles. The van der Waals surface area contributed by atoms with E-state index in [1.807, 2.05) is 36.2 Å². The predicted octanol–water partition coefficient (Wildman–Crippen LogP) is 2.36. The molecule has 2 heterocycles. The number of thiazole rings is 1. The van der Waals surface area contributed by atoms with Gasteiger partial charge in [0.05, 0.1) is 0 Å². The third kappa shape index (κ3) is 6.30. The Morgan fingerprint density at radius 3 is 2.45 bits per heavy atom. The molecule has 1 fully saturated rings. The van der Waals surface area contributed by atoms with Crippen LogP contribution in [0.2, 0.25) is 0 Å². The van der Waals surface area contributed by atoms with Gasteiger partial charge < -0.3 is 19.7 Å². The van der Waals surface area contributed by atoms with E-state index < -0.39 is 0 Å². The monoisotopic (exact) mass is 556 g/mol. The highest BCUT2D eigenvalue weighted by Crippen LogP contribution is 2.13. The number of halogens is 1. The van der Waals surface area contributed by atoms with Crippen LogP contribution in [0.15, 0.2) is 34.6 Å². The Morgan fingerprint density at radius 2 is 1.87 bits per heavy atom. The lowest BCUT2D eigenvalue weighted by Gasteiger charge is -2.35. The summed E-state index contributed by atoms with van der Waals surface area (Å²) in [4.78, 5) is 36.0. The summed E-state index contributed by atoms with van der Waals surface area (Å²) in [7, 11) is 5.49. The van der Waals surface area contributed by atoms with Gasteiger partial charge in [-0.05, 0) is 17.7 Å². The van der Waals surface area contributed by atoms with Crippen molar-refractivity contribution in [1.29, 1.82) is 0 Å². The Kier molecular flexibility index (Phi) is 8.50. The molecule has 1 aromatic carbocycles. The number of alkyl halides is 1. The SMILES string of the molecule is C/N=c1\scc(CN2CCN(C(=O)CN(C)C(=O)Nc3ccc(CI)cc3)CC2)n1C. The first-order chi connectivity index (χ1) is 14.9. The van der Waals surface area contributed by atoms with Crippen molar-refractivity contribution in [3.05, 3.63) is 45.7 Å². The Hall–Kier alpha value is -1.92. The smallest absolute Gasteiger partial charge is 0.322 e. The van der Waals surface area contributed by atoms with Gasteiger partial charge in [0.25, 0.3) is 0 Å². The molecule has 0 saturated carbocycles. The van der Waals surface area contributed by atoms with E-state index in [1.54, 1.807) is 25.4 Å². The summed E-state index contributed by atoms with van der Waals surface area (Å²) in [6, 6.07) is 7.45. The summed E-state index contributed by atoms with van der Waals surface area (Å²) in [5.74, 6) is -0.0225. The third-order valence-corrected chi connectivity index (χ3v) is 7.34. The molecule has 1 N–H and O–H groups in total. The van der Waals surface area contributed by atoms with Gasteiger partial charge in [0.2, 0.25) is 5.91 Å². The van der Waals surface area contributed by atoms with Crippen molar-refractivity contribution in [2.45, 2.75) is 11.0 Å². The minimum absolute atomic E-state index is 0.0225. The topological polar surface area (TPSA) is 73.2 Å². The Morgan fingerprint density at radius 1 is 1.19 bits per heavy atom. The molecule has 168 valence electrons. The Labute approximate surface area is 200 Å². The van der Waals surface area contributed by atoms with Gasteiger partial charge >= 0.3 is 6.03 Å². The van der Waals surface area contributed by atoms with Gasteiger partial charge in [0, 0.05) is 75.1 Å². The molecular weight excluding hydrogens is 527 g/mol. The number of urea groups is 1. The van der Waals surface area contributed by atoms with Crippen molar-refractivity contribution in [2.24, 2.45) is 12.0 Å². The maximum Gasteiger partial charge on any atom is 0.322 e. The summed E-state index contributed by atoms with van der Waals surface area (Å²) >= 11 is 3.94. The second-order valence-electron chi connectivity index (χ2n) is 7.57. The Bertz CT molecular complexity index is 963. The molecule has 0 atom stereocenters. The zero-order valence-electron chi connectivity index (χ0n) is 18.2. The fourth-order valence-electron chi connectivity index (χ4n) is 3.40. The van der Waals surface area contributed by atoms with E-state index >= 15 is 0 Å². The maximum absolute atomic E-state index is 12.7. The van der Waals surface area contributed by atoms with Crippen LogP contribution in [-0.4, -0.2) is 78.0 Å². The molecule has 8 nitrogen and oxygen atoms in total. The van der Waals surface area contributed by atoms with E-state index in [9.17, 15) is 9.59 Å². The largest absolute Gasteiger partial charge is 0.339 e. The quantitative estimate of drug-likeness (QED) is 0.439. The molecule has 0 unspecified atom stereocenters. The van der Waals surface area contributed by atoms with Crippen molar-refractivity contribution in [3.8, 4) is 0 Å². The molecule has 3 amide bonds. The average Bonchev–Trinajstić information content (AvgIpc) is 3.13. The molecule has 1 aliphatic rings. The van der Waals surface area contributed by atoms with E-state index in [-0.39, 0.29) is 18.5 Å². The van der Waals surface area contributed by atoms with Crippen LogP contribution in [0.5, 0.6) is 0 Å². The number of hydrogen-bond acceptors (Lipinski definition) is 5. The number of amides is 3. The second-order valence-corrected chi connectivity index (χ2v) is 9.17. The zero-order chi connectivity index (χ0) is 22.4. The van der Waals surface area contributed by atoms with E-state index in [1.165, 1.54) is 16.2 Å². The first-order valence-electron chi connectivity index (χ1n) is 10.1. The number of carbonyl (C=O) groups is 2. The zero-order valence-corrected chi connectivity index (χ0v) is 21.1. The van der Waals surface area contributed by atoms with Crippen molar-refractivity contribution in [2.75, 3.05) is 52.1 Å². The van der Waals surface area contributed by atoms with Crippen LogP contribution in [0.25, 0.3) is 0 Å². The number of nitrogens with zero attached hydrogens (tertiary/aromatic N) is 5. The number of aromatic nitrogens is 1. The summed E-state index contributed by atoms with van der Waals surface area (Å²) in [5, 5.41) is 4.99. The molecule has 0 spiro atoms. The number of anilines is 1. The number of carbonyl (C=O) groups excluding carboxylic acids is 2. The van der Waals surface area contributed by atoms with Gasteiger partial charge in [-0.3, -0.25) is 14.7 Å². The van der Waals surface area contributed by atoms with Crippen LogP contribution in [0.3, 0.4) is 0 Å². The molecular formula is C21H29IN6O2S. The number of nitrogens with one attached hydrogen (secondary N) is 1. The molecule has 0 radical (unpaired) electrons. The molecule has 3 rings (SSSR count). The van der Waals surface area contributed by atoms with Crippen LogP contribution in [-0.2, 0) is 22.8 Å². The summed E-state index contributed by atoms with van der Waals surface area (Å²) < 4.78 is 3.04. The lowest BCUT2D eigenvalue weighted by atomic mass is 10.2. The van der Waals surface area contributed by atoms with Gasteiger partial charge in [-0.15, -0.1) is 11.3 Å². The Balaban J connectivity index is 1.45. The van der Waals surface area contributed by atoms with Gasteiger partial charge in [0.15, 0.2) is 4.80 Å². The molecule has 31 heavy (non-hydrogen) atoms. The molecule has 10 heteroatoms.